The van der Waals surface area contributed by atoms with Crippen molar-refractivity contribution >= 4 is 17.5 Å². The van der Waals surface area contributed by atoms with E-state index in [-0.39, 0.29) is 23.7 Å². The molecule has 0 spiro atoms. The third-order valence-corrected chi connectivity index (χ3v) is 4.65. The van der Waals surface area contributed by atoms with Gasteiger partial charge in [-0.3, -0.25) is 9.59 Å². The lowest BCUT2D eigenvalue weighted by molar-refractivity contribution is -0.122. The van der Waals surface area contributed by atoms with Crippen molar-refractivity contribution in [3.63, 3.8) is 0 Å². The summed E-state index contributed by atoms with van der Waals surface area (Å²) in [5.41, 5.74) is 3.09. The van der Waals surface area contributed by atoms with E-state index in [1.807, 2.05) is 0 Å². The van der Waals surface area contributed by atoms with Crippen molar-refractivity contribution in [3.8, 4) is 5.75 Å². The van der Waals surface area contributed by atoms with Crippen LogP contribution in [0.1, 0.15) is 26.7 Å². The summed E-state index contributed by atoms with van der Waals surface area (Å²) >= 11 is 0. The molecular formula is C17H19NO3. The minimum Gasteiger partial charge on any atom is -0.497 e. The Kier molecular flexibility index (Phi) is 3.32. The minimum absolute atomic E-state index is 0.0786. The van der Waals surface area contributed by atoms with Crippen LogP contribution in [0.25, 0.3) is 0 Å². The van der Waals surface area contributed by atoms with E-state index >= 15 is 0 Å². The van der Waals surface area contributed by atoms with Crippen molar-refractivity contribution in [2.24, 2.45) is 11.8 Å². The fourth-order valence-corrected chi connectivity index (χ4v) is 3.26. The molecule has 2 amide bonds. The highest BCUT2D eigenvalue weighted by Gasteiger charge is 2.49. The number of methoxy groups -OCH3 is 1. The molecule has 1 aromatic carbocycles. The maximum atomic E-state index is 12.6. The Hall–Kier alpha value is -2.10. The lowest BCUT2D eigenvalue weighted by Gasteiger charge is -2.23. The number of allylic oxidation sites excluding steroid dienone is 2. The van der Waals surface area contributed by atoms with Crippen molar-refractivity contribution < 1.29 is 14.3 Å². The van der Waals surface area contributed by atoms with Crippen LogP contribution in [0.3, 0.4) is 0 Å². The Morgan fingerprint density at radius 1 is 1.05 bits per heavy atom. The number of carbonyl (C=O) groups excluding carboxylic acids is 2. The molecule has 110 valence electrons. The predicted octanol–water partition coefficient (Wildman–Crippen LogP) is 2.93. The van der Waals surface area contributed by atoms with Crippen molar-refractivity contribution in [2.75, 3.05) is 12.0 Å². The Balaban J connectivity index is 1.96. The standard InChI is InChI=1S/C17H19NO3/c1-10-7-14-15(8-11(10)2)17(20)18(16(14)19)12-5-4-6-13(9-12)21-3/h4-6,9,14-15H,7-8H2,1-3H3/t14-,15+. The topological polar surface area (TPSA) is 46.6 Å². The number of rotatable bonds is 2. The van der Waals surface area contributed by atoms with Gasteiger partial charge in [0.25, 0.3) is 0 Å². The van der Waals surface area contributed by atoms with Crippen LogP contribution in [-0.4, -0.2) is 18.9 Å². The highest BCUT2D eigenvalue weighted by Crippen LogP contribution is 2.42. The van der Waals surface area contributed by atoms with Crippen molar-refractivity contribution in [2.45, 2.75) is 26.7 Å². The maximum absolute atomic E-state index is 12.6. The number of nitrogens with zero attached hydrogens (tertiary/aromatic N) is 1. The van der Waals surface area contributed by atoms with Crippen LogP contribution in [0.2, 0.25) is 0 Å². The van der Waals surface area contributed by atoms with Crippen LogP contribution >= 0.6 is 0 Å². The zero-order valence-electron chi connectivity index (χ0n) is 12.6. The quantitative estimate of drug-likeness (QED) is 0.620. The number of amides is 2. The van der Waals surface area contributed by atoms with Gasteiger partial charge in [0.05, 0.1) is 24.6 Å². The van der Waals surface area contributed by atoms with Gasteiger partial charge in [-0.2, -0.15) is 0 Å². The van der Waals surface area contributed by atoms with Crippen LogP contribution in [-0.2, 0) is 9.59 Å². The van der Waals surface area contributed by atoms with Crippen molar-refractivity contribution in [3.05, 3.63) is 35.4 Å². The van der Waals surface area contributed by atoms with E-state index in [4.69, 9.17) is 4.74 Å². The molecule has 0 N–H and O–H groups in total. The normalized spacial score (nSPS) is 25.4. The first-order chi connectivity index (χ1) is 10.0. The molecule has 0 radical (unpaired) electrons. The van der Waals surface area contributed by atoms with E-state index in [0.717, 1.165) is 0 Å². The van der Waals surface area contributed by atoms with E-state index < -0.39 is 0 Å². The highest BCUT2D eigenvalue weighted by atomic mass is 16.5. The molecule has 1 aliphatic carbocycles. The van der Waals surface area contributed by atoms with Gasteiger partial charge < -0.3 is 4.74 Å². The molecule has 2 atom stereocenters. The Morgan fingerprint density at radius 3 is 2.14 bits per heavy atom. The SMILES string of the molecule is COc1cccc(N2C(=O)[C@H]3CC(C)=C(C)C[C@H]3C2=O)c1. The first-order valence-corrected chi connectivity index (χ1v) is 7.20. The van der Waals surface area contributed by atoms with Crippen LogP contribution in [0.5, 0.6) is 5.75 Å². The number of hydrogen-bond donors (Lipinski definition) is 0. The van der Waals surface area contributed by atoms with E-state index in [9.17, 15) is 9.59 Å². The van der Waals surface area contributed by atoms with E-state index in [1.54, 1.807) is 31.4 Å². The molecule has 4 nitrogen and oxygen atoms in total. The number of fused-ring (bicyclic) bond motifs is 1. The summed E-state index contributed by atoms with van der Waals surface area (Å²) in [6, 6.07) is 7.12. The summed E-state index contributed by atoms with van der Waals surface area (Å²) in [4.78, 5) is 26.6. The summed E-state index contributed by atoms with van der Waals surface area (Å²) in [5, 5.41) is 0. The van der Waals surface area contributed by atoms with Gasteiger partial charge in [-0.1, -0.05) is 17.2 Å². The lowest BCUT2D eigenvalue weighted by Crippen LogP contribution is -2.30. The first-order valence-electron chi connectivity index (χ1n) is 7.20. The molecule has 1 aliphatic heterocycles. The summed E-state index contributed by atoms with van der Waals surface area (Å²) in [6.45, 7) is 4.11. The van der Waals surface area contributed by atoms with Gasteiger partial charge in [-0.25, -0.2) is 4.90 Å². The molecule has 21 heavy (non-hydrogen) atoms. The molecule has 1 fully saturated rings. The number of anilines is 1. The van der Waals surface area contributed by atoms with Crippen molar-refractivity contribution in [1.29, 1.82) is 0 Å². The summed E-state index contributed by atoms with van der Waals surface area (Å²) in [6.07, 6.45) is 1.39. The number of carbonyl (C=O) groups is 2. The fraction of sp³-hybridized carbons (Fsp3) is 0.412. The second-order valence-corrected chi connectivity index (χ2v) is 5.90. The van der Waals surface area contributed by atoms with Gasteiger partial charge in [-0.15, -0.1) is 0 Å². The van der Waals surface area contributed by atoms with Crippen LogP contribution in [0, 0.1) is 11.8 Å². The molecule has 2 aliphatic rings. The summed E-state index contributed by atoms with van der Waals surface area (Å²) in [5.74, 6) is 0.0865. The average Bonchev–Trinajstić information content (AvgIpc) is 2.71. The van der Waals surface area contributed by atoms with Gasteiger partial charge >= 0.3 is 0 Å². The molecule has 3 rings (SSSR count). The zero-order chi connectivity index (χ0) is 15.1. The summed E-state index contributed by atoms with van der Waals surface area (Å²) < 4.78 is 5.18. The highest BCUT2D eigenvalue weighted by molar-refractivity contribution is 6.22. The van der Waals surface area contributed by atoms with Gasteiger partial charge in [0.1, 0.15) is 5.75 Å². The Labute approximate surface area is 124 Å². The molecule has 1 saturated heterocycles. The first kappa shape index (κ1) is 13.9. The van der Waals surface area contributed by atoms with Gasteiger partial charge in [-0.05, 0) is 38.8 Å². The summed E-state index contributed by atoms with van der Waals surface area (Å²) in [7, 11) is 1.57. The molecule has 0 saturated carbocycles. The molecule has 0 aromatic heterocycles. The zero-order valence-corrected chi connectivity index (χ0v) is 12.6. The van der Waals surface area contributed by atoms with Crippen molar-refractivity contribution in [1.82, 2.24) is 0 Å². The second-order valence-electron chi connectivity index (χ2n) is 5.90. The van der Waals surface area contributed by atoms with Gasteiger partial charge in [0, 0.05) is 6.07 Å². The molecule has 1 heterocycles. The van der Waals surface area contributed by atoms with Gasteiger partial charge in [0.2, 0.25) is 11.8 Å². The molecule has 1 aromatic rings. The molecular weight excluding hydrogens is 266 g/mol. The van der Waals surface area contributed by atoms with E-state index in [2.05, 4.69) is 13.8 Å². The number of ether oxygens (including phenoxy) is 1. The fourth-order valence-electron chi connectivity index (χ4n) is 3.26. The Bertz CT molecular complexity index is 615. The van der Waals surface area contributed by atoms with Gasteiger partial charge in [0.15, 0.2) is 0 Å². The number of benzene rings is 1. The predicted molar refractivity (Wildman–Crippen MR) is 80.1 cm³/mol. The third-order valence-electron chi connectivity index (χ3n) is 4.65. The lowest BCUT2D eigenvalue weighted by atomic mass is 9.78. The van der Waals surface area contributed by atoms with E-state index in [1.165, 1.54) is 16.0 Å². The second kappa shape index (κ2) is 5.02. The van der Waals surface area contributed by atoms with E-state index in [0.29, 0.717) is 24.3 Å². The largest absolute Gasteiger partial charge is 0.497 e. The third kappa shape index (κ3) is 2.15. The van der Waals surface area contributed by atoms with Crippen LogP contribution in [0.4, 0.5) is 5.69 Å². The number of hydrogen-bond acceptors (Lipinski definition) is 3. The maximum Gasteiger partial charge on any atom is 0.238 e. The smallest absolute Gasteiger partial charge is 0.238 e. The number of imide groups is 1. The van der Waals surface area contributed by atoms with Crippen LogP contribution < -0.4 is 9.64 Å². The minimum atomic E-state index is -0.201. The Morgan fingerprint density at radius 2 is 1.62 bits per heavy atom. The molecule has 0 unspecified atom stereocenters. The molecule has 0 bridgehead atoms. The van der Waals surface area contributed by atoms with Crippen LogP contribution in [0.15, 0.2) is 35.4 Å². The average molecular weight is 285 g/mol. The molecule has 4 heteroatoms. The monoisotopic (exact) mass is 285 g/mol.